The molecule has 0 radical (unpaired) electrons. The van der Waals surface area contributed by atoms with Gasteiger partial charge in [0, 0.05) is 18.0 Å². The molecule has 1 aromatic heterocycles. The minimum Gasteiger partial charge on any atom is -0.236 e. The molecule has 0 aliphatic rings. The van der Waals surface area contributed by atoms with Crippen molar-refractivity contribution in [3.8, 4) is 11.4 Å². The molecular formula is C32H52N2. The summed E-state index contributed by atoms with van der Waals surface area (Å²) < 4.78 is 0. The maximum atomic E-state index is 4.64. The summed E-state index contributed by atoms with van der Waals surface area (Å²) >= 11 is 0. The number of hydrogen-bond acceptors (Lipinski definition) is 2. The smallest absolute Gasteiger partial charge is 0.159 e. The van der Waals surface area contributed by atoms with Crippen LogP contribution in [0.3, 0.4) is 0 Å². The maximum absolute atomic E-state index is 4.64. The Morgan fingerprint density at radius 2 is 0.824 bits per heavy atom. The third-order valence-electron chi connectivity index (χ3n) is 7.06. The molecule has 1 aromatic carbocycles. The SMILES string of the molecule is CCCCCCCCCCCCc1ccc(-c2ncc(CCCCCCCCCC)cn2)cc1. The van der Waals surface area contributed by atoms with E-state index in [1.54, 1.807) is 0 Å². The second kappa shape index (κ2) is 19.6. The zero-order valence-electron chi connectivity index (χ0n) is 22.5. The molecule has 0 fully saturated rings. The number of aromatic nitrogens is 2. The second-order valence-electron chi connectivity index (χ2n) is 10.3. The van der Waals surface area contributed by atoms with Crippen LogP contribution in [0.5, 0.6) is 0 Å². The Bertz CT molecular complexity index is 705. The summed E-state index contributed by atoms with van der Waals surface area (Å²) in [5.74, 6) is 0.852. The lowest BCUT2D eigenvalue weighted by atomic mass is 10.0. The Hall–Kier alpha value is -1.70. The number of unbranched alkanes of at least 4 members (excludes halogenated alkanes) is 16. The van der Waals surface area contributed by atoms with Gasteiger partial charge in [-0.2, -0.15) is 0 Å². The van der Waals surface area contributed by atoms with E-state index in [1.807, 2.05) is 12.4 Å². The van der Waals surface area contributed by atoms with E-state index in [9.17, 15) is 0 Å². The molecule has 2 heteroatoms. The summed E-state index contributed by atoms with van der Waals surface area (Å²) in [5, 5.41) is 0. The van der Waals surface area contributed by atoms with E-state index in [0.717, 1.165) is 17.8 Å². The van der Waals surface area contributed by atoms with Crippen molar-refractivity contribution < 1.29 is 0 Å². The van der Waals surface area contributed by atoms with Gasteiger partial charge in [0.05, 0.1) is 0 Å². The van der Waals surface area contributed by atoms with E-state index < -0.39 is 0 Å². The van der Waals surface area contributed by atoms with Crippen LogP contribution in [0.4, 0.5) is 0 Å². The topological polar surface area (TPSA) is 25.8 Å². The van der Waals surface area contributed by atoms with Gasteiger partial charge in [0.15, 0.2) is 5.82 Å². The molecule has 0 spiro atoms. The molecule has 1 heterocycles. The molecule has 190 valence electrons. The van der Waals surface area contributed by atoms with Gasteiger partial charge in [0.25, 0.3) is 0 Å². The highest BCUT2D eigenvalue weighted by Crippen LogP contribution is 2.18. The van der Waals surface area contributed by atoms with Crippen LogP contribution in [0.25, 0.3) is 11.4 Å². The lowest BCUT2D eigenvalue weighted by molar-refractivity contribution is 0.556. The van der Waals surface area contributed by atoms with Crippen molar-refractivity contribution in [2.45, 2.75) is 142 Å². The number of rotatable bonds is 21. The van der Waals surface area contributed by atoms with Crippen LogP contribution in [-0.4, -0.2) is 9.97 Å². The van der Waals surface area contributed by atoms with Gasteiger partial charge in [0.1, 0.15) is 0 Å². The van der Waals surface area contributed by atoms with E-state index in [1.165, 1.54) is 133 Å². The number of nitrogens with zero attached hydrogens (tertiary/aromatic N) is 2. The average Bonchev–Trinajstić information content (AvgIpc) is 2.87. The van der Waals surface area contributed by atoms with Gasteiger partial charge < -0.3 is 0 Å². The first-order chi connectivity index (χ1) is 16.8. The normalized spacial score (nSPS) is 11.2. The minimum absolute atomic E-state index is 0.852. The van der Waals surface area contributed by atoms with Gasteiger partial charge in [-0.3, -0.25) is 0 Å². The van der Waals surface area contributed by atoms with Crippen LogP contribution in [0.15, 0.2) is 36.7 Å². The summed E-state index contributed by atoms with van der Waals surface area (Å²) in [6, 6.07) is 8.92. The van der Waals surface area contributed by atoms with Gasteiger partial charge >= 0.3 is 0 Å². The predicted molar refractivity (Wildman–Crippen MR) is 149 cm³/mol. The van der Waals surface area contributed by atoms with E-state index in [-0.39, 0.29) is 0 Å². The third-order valence-corrected chi connectivity index (χ3v) is 7.06. The lowest BCUT2D eigenvalue weighted by Gasteiger charge is -2.06. The van der Waals surface area contributed by atoms with Crippen LogP contribution in [0, 0.1) is 0 Å². The molecule has 0 aliphatic carbocycles. The molecule has 0 unspecified atom stereocenters. The van der Waals surface area contributed by atoms with Crippen LogP contribution < -0.4 is 0 Å². The van der Waals surface area contributed by atoms with Crippen LogP contribution in [-0.2, 0) is 12.8 Å². The first-order valence-corrected chi connectivity index (χ1v) is 14.7. The molecule has 2 rings (SSSR count). The second-order valence-corrected chi connectivity index (χ2v) is 10.3. The van der Waals surface area contributed by atoms with Crippen LogP contribution in [0.2, 0.25) is 0 Å². The first-order valence-electron chi connectivity index (χ1n) is 14.7. The Morgan fingerprint density at radius 3 is 1.26 bits per heavy atom. The fourth-order valence-corrected chi connectivity index (χ4v) is 4.73. The van der Waals surface area contributed by atoms with Gasteiger partial charge in [-0.05, 0) is 36.8 Å². The van der Waals surface area contributed by atoms with E-state index in [0.29, 0.717) is 0 Å². The third kappa shape index (κ3) is 13.3. The molecule has 0 saturated carbocycles. The molecule has 0 aliphatic heterocycles. The summed E-state index contributed by atoms with van der Waals surface area (Å²) in [5.41, 5.74) is 3.84. The van der Waals surface area contributed by atoms with Crippen molar-refractivity contribution in [1.82, 2.24) is 9.97 Å². The number of hydrogen-bond donors (Lipinski definition) is 0. The highest BCUT2D eigenvalue weighted by molar-refractivity contribution is 5.55. The maximum Gasteiger partial charge on any atom is 0.159 e. The lowest BCUT2D eigenvalue weighted by Crippen LogP contribution is -1.94. The Labute approximate surface area is 211 Å². The predicted octanol–water partition coefficient (Wildman–Crippen LogP) is 10.3. The summed E-state index contributed by atoms with van der Waals surface area (Å²) in [7, 11) is 0. The fraction of sp³-hybridized carbons (Fsp3) is 0.688. The van der Waals surface area contributed by atoms with E-state index in [4.69, 9.17) is 0 Å². The molecule has 0 amide bonds. The first kappa shape index (κ1) is 28.5. The van der Waals surface area contributed by atoms with E-state index >= 15 is 0 Å². The largest absolute Gasteiger partial charge is 0.236 e. The van der Waals surface area contributed by atoms with Crippen LogP contribution in [0.1, 0.15) is 141 Å². The minimum atomic E-state index is 0.852. The van der Waals surface area contributed by atoms with Gasteiger partial charge in [-0.15, -0.1) is 0 Å². The molecule has 0 N–H and O–H groups in total. The van der Waals surface area contributed by atoms with Gasteiger partial charge in [-0.1, -0.05) is 141 Å². The molecule has 2 aromatic rings. The molecular weight excluding hydrogens is 412 g/mol. The standard InChI is InChI=1S/C32H52N2/c1-3-5-7-9-11-13-14-16-17-19-21-29-23-25-31(26-24-29)32-33-27-30(28-34-32)22-20-18-15-12-10-8-6-4-2/h23-28H,3-22H2,1-2H3. The van der Waals surface area contributed by atoms with Crippen LogP contribution >= 0.6 is 0 Å². The molecule has 0 atom stereocenters. The Balaban J connectivity index is 1.56. The number of aryl methyl sites for hydroxylation is 2. The van der Waals surface area contributed by atoms with Crippen molar-refractivity contribution >= 4 is 0 Å². The zero-order valence-corrected chi connectivity index (χ0v) is 22.5. The van der Waals surface area contributed by atoms with Gasteiger partial charge in [0.2, 0.25) is 0 Å². The van der Waals surface area contributed by atoms with Crippen molar-refractivity contribution in [2.24, 2.45) is 0 Å². The summed E-state index contributed by atoms with van der Waals surface area (Å²) in [6.45, 7) is 4.57. The quantitative estimate of drug-likeness (QED) is 0.172. The monoisotopic (exact) mass is 464 g/mol. The Morgan fingerprint density at radius 1 is 0.441 bits per heavy atom. The number of benzene rings is 1. The average molecular weight is 465 g/mol. The van der Waals surface area contributed by atoms with E-state index in [2.05, 4.69) is 48.1 Å². The van der Waals surface area contributed by atoms with Crippen molar-refractivity contribution in [1.29, 1.82) is 0 Å². The highest BCUT2D eigenvalue weighted by Gasteiger charge is 2.03. The van der Waals surface area contributed by atoms with Crippen molar-refractivity contribution in [3.63, 3.8) is 0 Å². The van der Waals surface area contributed by atoms with Gasteiger partial charge in [-0.25, -0.2) is 9.97 Å². The van der Waals surface area contributed by atoms with Crippen molar-refractivity contribution in [2.75, 3.05) is 0 Å². The molecule has 2 nitrogen and oxygen atoms in total. The molecule has 0 saturated heterocycles. The zero-order chi connectivity index (χ0) is 24.1. The summed E-state index contributed by atoms with van der Waals surface area (Å²) in [4.78, 5) is 9.29. The van der Waals surface area contributed by atoms with Crippen molar-refractivity contribution in [3.05, 3.63) is 47.8 Å². The highest BCUT2D eigenvalue weighted by atomic mass is 14.9. The Kier molecular flexibility index (Phi) is 16.4. The molecule has 34 heavy (non-hydrogen) atoms. The molecule has 0 bridgehead atoms. The summed E-state index contributed by atoms with van der Waals surface area (Å²) in [6.07, 6.45) is 31.2. The fourth-order valence-electron chi connectivity index (χ4n) is 4.73.